The molecule has 3 N–H and O–H groups in total. The van der Waals surface area contributed by atoms with E-state index in [-0.39, 0.29) is 17.3 Å². The molecule has 0 bridgehead atoms. The van der Waals surface area contributed by atoms with E-state index in [0.717, 1.165) is 11.1 Å². The van der Waals surface area contributed by atoms with Gasteiger partial charge in [-0.25, -0.2) is 0 Å². The summed E-state index contributed by atoms with van der Waals surface area (Å²) < 4.78 is 1.31. The van der Waals surface area contributed by atoms with Crippen molar-refractivity contribution in [3.05, 3.63) is 111 Å². The molecule has 4 aromatic rings. The summed E-state index contributed by atoms with van der Waals surface area (Å²) in [5.74, 6) is -1.11. The number of hydrogen-bond donors (Lipinski definition) is 2. The molecule has 3 aromatic carbocycles. The minimum Gasteiger partial charge on any atom is -0.368 e. The minimum absolute atomic E-state index is 0.254. The molecule has 0 fully saturated rings. The molecule has 178 valence electrons. The fraction of sp³-hybridized carbons (Fsp3) is 0.148. The van der Waals surface area contributed by atoms with Crippen molar-refractivity contribution in [3.8, 4) is 0 Å². The summed E-state index contributed by atoms with van der Waals surface area (Å²) in [6, 6.07) is 20.0. The maximum Gasteiger partial charge on any atom is 0.259 e. The molecular formula is C27H23Cl2N3O3. The smallest absolute Gasteiger partial charge is 0.259 e. The molecule has 0 saturated carbocycles. The predicted octanol–water partition coefficient (Wildman–Crippen LogP) is 5.21. The second-order valence-electron chi connectivity index (χ2n) is 8.21. The molecule has 6 nitrogen and oxygen atoms in total. The van der Waals surface area contributed by atoms with Gasteiger partial charge in [0.2, 0.25) is 11.8 Å². The van der Waals surface area contributed by atoms with E-state index in [1.807, 2.05) is 12.1 Å². The van der Waals surface area contributed by atoms with Gasteiger partial charge in [-0.2, -0.15) is 0 Å². The zero-order chi connectivity index (χ0) is 25.1. The number of anilines is 1. The molecule has 0 aliphatic carbocycles. The second kappa shape index (κ2) is 10.3. The molecule has 0 radical (unpaired) electrons. The summed E-state index contributed by atoms with van der Waals surface area (Å²) >= 11 is 12.1. The van der Waals surface area contributed by atoms with Gasteiger partial charge in [0.05, 0.1) is 5.92 Å². The minimum atomic E-state index is -0.952. The van der Waals surface area contributed by atoms with Crippen LogP contribution < -0.4 is 16.6 Å². The molecule has 1 unspecified atom stereocenters. The largest absolute Gasteiger partial charge is 0.368 e. The number of nitrogens with two attached hydrogens (primary N) is 1. The topological polar surface area (TPSA) is 94.2 Å². The van der Waals surface area contributed by atoms with Crippen LogP contribution in [0.4, 0.5) is 5.69 Å². The fourth-order valence-electron chi connectivity index (χ4n) is 4.04. The number of benzene rings is 3. The number of aromatic nitrogens is 1. The standard InChI is InChI=1S/C27H23Cl2N3O3/c1-16(18-10-11-19(15-28)22(29)14-18)26(34)31-23-9-5-8-21-20(23)12-13-32(27(21)35)24(25(30)33)17-6-3-2-4-7-17/h2-14,16,24H,15H2,1H3,(H2,30,33)(H,31,34)/t16-,24?/m0/s1. The fourth-order valence-corrected chi connectivity index (χ4v) is 4.59. The van der Waals surface area contributed by atoms with E-state index in [2.05, 4.69) is 5.32 Å². The lowest BCUT2D eigenvalue weighted by Crippen LogP contribution is -2.34. The SMILES string of the molecule is C[C@H](C(=O)Nc1cccc2c(=O)n(C(C(N)=O)c3ccccc3)ccc12)c1ccc(CCl)c(Cl)c1. The Labute approximate surface area is 212 Å². The average molecular weight is 508 g/mol. The quantitative estimate of drug-likeness (QED) is 0.336. The van der Waals surface area contributed by atoms with E-state index < -0.39 is 17.9 Å². The van der Waals surface area contributed by atoms with Gasteiger partial charge in [-0.05, 0) is 47.9 Å². The van der Waals surface area contributed by atoms with Crippen LogP contribution in [-0.2, 0) is 15.5 Å². The number of carbonyl (C=O) groups excluding carboxylic acids is 2. The number of alkyl halides is 1. The first kappa shape index (κ1) is 24.5. The summed E-state index contributed by atoms with van der Waals surface area (Å²) in [5.41, 5.74) is 7.90. The Bertz CT molecular complexity index is 1470. The Balaban J connectivity index is 1.68. The van der Waals surface area contributed by atoms with Crippen molar-refractivity contribution in [2.75, 3.05) is 5.32 Å². The van der Waals surface area contributed by atoms with Crippen molar-refractivity contribution in [1.82, 2.24) is 4.57 Å². The summed E-state index contributed by atoms with van der Waals surface area (Å²) in [5, 5.41) is 4.33. The number of carbonyl (C=O) groups is 2. The van der Waals surface area contributed by atoms with Gasteiger partial charge in [-0.15, -0.1) is 11.6 Å². The molecule has 0 spiro atoms. The molecule has 2 atom stereocenters. The van der Waals surface area contributed by atoms with Gasteiger partial charge in [0, 0.05) is 33.6 Å². The Hall–Kier alpha value is -3.61. The molecule has 2 amide bonds. The van der Waals surface area contributed by atoms with Crippen molar-refractivity contribution in [2.45, 2.75) is 24.8 Å². The maximum atomic E-state index is 13.4. The molecule has 0 saturated heterocycles. The number of amides is 2. The number of halogens is 2. The first-order chi connectivity index (χ1) is 16.8. The third kappa shape index (κ3) is 4.94. The number of nitrogens with zero attached hydrogens (tertiary/aromatic N) is 1. The number of primary amides is 1. The third-order valence-corrected chi connectivity index (χ3v) is 6.65. The van der Waals surface area contributed by atoms with E-state index in [4.69, 9.17) is 28.9 Å². The molecular weight excluding hydrogens is 485 g/mol. The highest BCUT2D eigenvalue weighted by Crippen LogP contribution is 2.27. The monoisotopic (exact) mass is 507 g/mol. The number of pyridine rings is 1. The Morgan fingerprint density at radius 3 is 2.37 bits per heavy atom. The third-order valence-electron chi connectivity index (χ3n) is 6.01. The first-order valence-corrected chi connectivity index (χ1v) is 11.9. The Morgan fingerprint density at radius 1 is 0.971 bits per heavy atom. The van der Waals surface area contributed by atoms with Gasteiger partial charge in [-0.1, -0.05) is 60.1 Å². The molecule has 0 aliphatic rings. The molecule has 0 aliphatic heterocycles. The molecule has 35 heavy (non-hydrogen) atoms. The lowest BCUT2D eigenvalue weighted by Gasteiger charge is -2.19. The lowest BCUT2D eigenvalue weighted by molar-refractivity contribution is -0.120. The van der Waals surface area contributed by atoms with Gasteiger partial charge < -0.3 is 11.1 Å². The van der Waals surface area contributed by atoms with Crippen molar-refractivity contribution in [3.63, 3.8) is 0 Å². The van der Waals surface area contributed by atoms with Crippen molar-refractivity contribution in [2.24, 2.45) is 5.73 Å². The number of nitrogens with one attached hydrogen (secondary N) is 1. The van der Waals surface area contributed by atoms with Crippen molar-refractivity contribution in [1.29, 1.82) is 0 Å². The Morgan fingerprint density at radius 2 is 1.71 bits per heavy atom. The van der Waals surface area contributed by atoms with Crippen LogP contribution in [0.5, 0.6) is 0 Å². The highest BCUT2D eigenvalue weighted by molar-refractivity contribution is 6.32. The zero-order valence-corrected chi connectivity index (χ0v) is 20.4. The van der Waals surface area contributed by atoms with Crippen LogP contribution in [0.15, 0.2) is 83.8 Å². The zero-order valence-electron chi connectivity index (χ0n) is 18.9. The molecule has 1 heterocycles. The maximum absolute atomic E-state index is 13.4. The Kier molecular flexibility index (Phi) is 7.24. The normalized spacial score (nSPS) is 12.8. The number of rotatable bonds is 7. The number of hydrogen-bond acceptors (Lipinski definition) is 3. The van der Waals surface area contributed by atoms with Crippen molar-refractivity contribution < 1.29 is 9.59 Å². The molecule has 4 rings (SSSR count). The lowest BCUT2D eigenvalue weighted by atomic mass is 9.98. The van der Waals surface area contributed by atoms with Crippen LogP contribution in [0, 0.1) is 0 Å². The van der Waals surface area contributed by atoms with Gasteiger partial charge >= 0.3 is 0 Å². The average Bonchev–Trinajstić information content (AvgIpc) is 2.86. The van der Waals surface area contributed by atoms with E-state index in [1.54, 1.807) is 67.6 Å². The summed E-state index contributed by atoms with van der Waals surface area (Å²) in [4.78, 5) is 38.7. The van der Waals surface area contributed by atoms with Crippen LogP contribution in [-0.4, -0.2) is 16.4 Å². The van der Waals surface area contributed by atoms with Crippen LogP contribution in [0.1, 0.15) is 35.6 Å². The van der Waals surface area contributed by atoms with Crippen LogP contribution in [0.2, 0.25) is 5.02 Å². The summed E-state index contributed by atoms with van der Waals surface area (Å²) in [6.07, 6.45) is 1.52. The summed E-state index contributed by atoms with van der Waals surface area (Å²) in [6.45, 7) is 1.77. The van der Waals surface area contributed by atoms with Gasteiger partial charge in [0.25, 0.3) is 5.56 Å². The first-order valence-electron chi connectivity index (χ1n) is 10.9. The molecule has 1 aromatic heterocycles. The predicted molar refractivity (Wildman–Crippen MR) is 140 cm³/mol. The van der Waals surface area contributed by atoms with Gasteiger partial charge in [0.15, 0.2) is 0 Å². The van der Waals surface area contributed by atoms with Crippen LogP contribution in [0.3, 0.4) is 0 Å². The number of fused-ring (bicyclic) bond motifs is 1. The highest BCUT2D eigenvalue weighted by Gasteiger charge is 2.23. The highest BCUT2D eigenvalue weighted by atomic mass is 35.5. The van der Waals surface area contributed by atoms with E-state index in [9.17, 15) is 14.4 Å². The van der Waals surface area contributed by atoms with Crippen LogP contribution in [0.25, 0.3) is 10.8 Å². The second-order valence-corrected chi connectivity index (χ2v) is 8.88. The van der Waals surface area contributed by atoms with E-state index >= 15 is 0 Å². The molecule has 8 heteroatoms. The van der Waals surface area contributed by atoms with Gasteiger partial charge in [-0.3, -0.25) is 19.0 Å². The van der Waals surface area contributed by atoms with Crippen LogP contribution >= 0.6 is 23.2 Å². The van der Waals surface area contributed by atoms with Gasteiger partial charge in [0.1, 0.15) is 6.04 Å². The van der Waals surface area contributed by atoms with E-state index in [0.29, 0.717) is 27.0 Å². The van der Waals surface area contributed by atoms with Crippen molar-refractivity contribution >= 4 is 51.5 Å². The van der Waals surface area contributed by atoms with E-state index in [1.165, 1.54) is 10.8 Å². The summed E-state index contributed by atoms with van der Waals surface area (Å²) in [7, 11) is 0.